The fraction of sp³-hybridized carbons (Fsp3) is 0.294. The van der Waals surface area contributed by atoms with Crippen LogP contribution in [-0.4, -0.2) is 0 Å². The Morgan fingerprint density at radius 2 is 1.74 bits per heavy atom. The molecule has 0 spiro atoms. The lowest BCUT2D eigenvalue weighted by Crippen LogP contribution is -2.10. The van der Waals surface area contributed by atoms with Crippen LogP contribution < -0.4 is 5.32 Å². The van der Waals surface area contributed by atoms with Gasteiger partial charge in [-0.2, -0.15) is 0 Å². The van der Waals surface area contributed by atoms with E-state index in [0.717, 1.165) is 10.9 Å². The van der Waals surface area contributed by atoms with Gasteiger partial charge in [-0.25, -0.2) is 0 Å². The topological polar surface area (TPSA) is 12.0 Å². The van der Waals surface area contributed by atoms with Crippen LogP contribution in [0, 0.1) is 13.8 Å². The summed E-state index contributed by atoms with van der Waals surface area (Å²) in [6.07, 6.45) is 1.06. The van der Waals surface area contributed by atoms with Crippen molar-refractivity contribution >= 4 is 21.6 Å². The number of halogens is 1. The van der Waals surface area contributed by atoms with Crippen molar-refractivity contribution in [2.45, 2.75) is 33.2 Å². The molecule has 0 saturated carbocycles. The molecule has 100 valence electrons. The molecule has 0 aliphatic rings. The van der Waals surface area contributed by atoms with Gasteiger partial charge in [0.2, 0.25) is 0 Å². The second kappa shape index (κ2) is 6.25. The van der Waals surface area contributed by atoms with Gasteiger partial charge in [0, 0.05) is 10.2 Å². The molecular formula is C17H20BrN. The highest BCUT2D eigenvalue weighted by Crippen LogP contribution is 2.27. The Balaban J connectivity index is 2.24. The number of hydrogen-bond acceptors (Lipinski definition) is 1. The summed E-state index contributed by atoms with van der Waals surface area (Å²) in [5, 5.41) is 3.66. The lowest BCUT2D eigenvalue weighted by atomic mass is 10.0. The molecule has 0 aromatic heterocycles. The van der Waals surface area contributed by atoms with Crippen molar-refractivity contribution in [2.24, 2.45) is 0 Å². The molecule has 0 bridgehead atoms. The summed E-state index contributed by atoms with van der Waals surface area (Å²) in [4.78, 5) is 0. The van der Waals surface area contributed by atoms with Gasteiger partial charge in [-0.3, -0.25) is 0 Å². The highest BCUT2D eigenvalue weighted by molar-refractivity contribution is 9.10. The second-order valence-electron chi connectivity index (χ2n) is 4.90. The highest BCUT2D eigenvalue weighted by atomic mass is 79.9. The minimum absolute atomic E-state index is 0.355. The Morgan fingerprint density at radius 3 is 2.37 bits per heavy atom. The summed E-state index contributed by atoms with van der Waals surface area (Å²) < 4.78 is 1.12. The Bertz CT molecular complexity index is 546. The first-order chi connectivity index (χ1) is 9.11. The van der Waals surface area contributed by atoms with Crippen molar-refractivity contribution in [3.8, 4) is 0 Å². The fourth-order valence-corrected chi connectivity index (χ4v) is 2.48. The van der Waals surface area contributed by atoms with Gasteiger partial charge < -0.3 is 5.32 Å². The zero-order chi connectivity index (χ0) is 13.8. The van der Waals surface area contributed by atoms with Gasteiger partial charge in [-0.05, 0) is 55.2 Å². The predicted octanol–water partition coefficient (Wildman–Crippen LogP) is 5.63. The van der Waals surface area contributed by atoms with Crippen LogP contribution in [0.1, 0.15) is 36.1 Å². The van der Waals surface area contributed by atoms with Crippen LogP contribution in [0.3, 0.4) is 0 Å². The normalized spacial score (nSPS) is 12.2. The highest BCUT2D eigenvalue weighted by Gasteiger charge is 2.10. The Hall–Kier alpha value is -1.28. The van der Waals surface area contributed by atoms with Crippen molar-refractivity contribution in [2.75, 3.05) is 5.32 Å². The zero-order valence-corrected chi connectivity index (χ0v) is 13.3. The van der Waals surface area contributed by atoms with E-state index in [9.17, 15) is 0 Å². The van der Waals surface area contributed by atoms with Gasteiger partial charge >= 0.3 is 0 Å². The quantitative estimate of drug-likeness (QED) is 0.770. The van der Waals surface area contributed by atoms with E-state index < -0.39 is 0 Å². The molecular weight excluding hydrogens is 298 g/mol. The van der Waals surface area contributed by atoms with E-state index in [1.807, 2.05) is 0 Å². The predicted molar refractivity (Wildman–Crippen MR) is 86.7 cm³/mol. The second-order valence-corrected chi connectivity index (χ2v) is 5.82. The van der Waals surface area contributed by atoms with Crippen molar-refractivity contribution in [1.82, 2.24) is 0 Å². The Labute approximate surface area is 124 Å². The summed E-state index contributed by atoms with van der Waals surface area (Å²) in [6, 6.07) is 15.3. The molecule has 1 atom stereocenters. The third-order valence-corrected chi connectivity index (χ3v) is 4.14. The van der Waals surface area contributed by atoms with Crippen LogP contribution in [-0.2, 0) is 0 Å². The average Bonchev–Trinajstić information content (AvgIpc) is 2.42. The molecule has 0 radical (unpaired) electrons. The van der Waals surface area contributed by atoms with Crippen LogP contribution in [0.4, 0.5) is 5.69 Å². The number of aryl methyl sites for hydroxylation is 1. The number of benzene rings is 2. The van der Waals surface area contributed by atoms with Crippen molar-refractivity contribution < 1.29 is 0 Å². The molecule has 2 rings (SSSR count). The smallest absolute Gasteiger partial charge is 0.0511 e. The number of anilines is 1. The van der Waals surface area contributed by atoms with Crippen molar-refractivity contribution in [3.05, 3.63) is 63.6 Å². The van der Waals surface area contributed by atoms with Crippen LogP contribution in [0.25, 0.3) is 0 Å². The summed E-state index contributed by atoms with van der Waals surface area (Å²) >= 11 is 3.48. The fourth-order valence-electron chi connectivity index (χ4n) is 2.21. The van der Waals surface area contributed by atoms with E-state index in [4.69, 9.17) is 0 Å². The summed E-state index contributed by atoms with van der Waals surface area (Å²) in [6.45, 7) is 6.54. The van der Waals surface area contributed by atoms with Gasteiger partial charge in [0.1, 0.15) is 0 Å². The standard InChI is InChI=1S/C17H20BrN/c1-4-16(14-8-10-15(18)11-9-14)19-17-7-5-6-12(2)13(17)3/h5-11,16,19H,4H2,1-3H3. The van der Waals surface area contributed by atoms with Crippen LogP contribution in [0.5, 0.6) is 0 Å². The number of rotatable bonds is 4. The lowest BCUT2D eigenvalue weighted by Gasteiger charge is -2.21. The maximum atomic E-state index is 3.66. The van der Waals surface area contributed by atoms with E-state index in [-0.39, 0.29) is 0 Å². The average molecular weight is 318 g/mol. The molecule has 1 unspecified atom stereocenters. The Kier molecular flexibility index (Phi) is 4.65. The first-order valence-corrected chi connectivity index (χ1v) is 7.49. The first kappa shape index (κ1) is 14.1. The molecule has 1 N–H and O–H groups in total. The SMILES string of the molecule is CCC(Nc1cccc(C)c1C)c1ccc(Br)cc1. The largest absolute Gasteiger partial charge is 0.378 e. The molecule has 1 nitrogen and oxygen atoms in total. The Morgan fingerprint density at radius 1 is 1.05 bits per heavy atom. The molecule has 2 aromatic carbocycles. The minimum atomic E-state index is 0.355. The van der Waals surface area contributed by atoms with Crippen molar-refractivity contribution in [1.29, 1.82) is 0 Å². The molecule has 2 aromatic rings. The summed E-state index contributed by atoms with van der Waals surface area (Å²) in [7, 11) is 0. The van der Waals surface area contributed by atoms with Gasteiger partial charge in [0.05, 0.1) is 6.04 Å². The van der Waals surface area contributed by atoms with E-state index in [1.165, 1.54) is 22.4 Å². The first-order valence-electron chi connectivity index (χ1n) is 6.70. The maximum Gasteiger partial charge on any atom is 0.0511 e. The molecule has 19 heavy (non-hydrogen) atoms. The molecule has 0 fully saturated rings. The third kappa shape index (κ3) is 3.38. The molecule has 2 heteroatoms. The molecule has 0 amide bonds. The number of hydrogen-bond donors (Lipinski definition) is 1. The van der Waals surface area contributed by atoms with Gasteiger partial charge in [-0.1, -0.05) is 47.1 Å². The van der Waals surface area contributed by atoms with Crippen LogP contribution in [0.2, 0.25) is 0 Å². The van der Waals surface area contributed by atoms with Gasteiger partial charge in [0.25, 0.3) is 0 Å². The van der Waals surface area contributed by atoms with E-state index in [0.29, 0.717) is 6.04 Å². The van der Waals surface area contributed by atoms with E-state index in [2.05, 4.69) is 84.5 Å². The maximum absolute atomic E-state index is 3.66. The van der Waals surface area contributed by atoms with E-state index >= 15 is 0 Å². The molecule has 0 saturated heterocycles. The van der Waals surface area contributed by atoms with Gasteiger partial charge in [0.15, 0.2) is 0 Å². The monoisotopic (exact) mass is 317 g/mol. The molecule has 0 heterocycles. The lowest BCUT2D eigenvalue weighted by molar-refractivity contribution is 0.748. The van der Waals surface area contributed by atoms with Crippen LogP contribution >= 0.6 is 15.9 Å². The van der Waals surface area contributed by atoms with E-state index in [1.54, 1.807) is 0 Å². The zero-order valence-electron chi connectivity index (χ0n) is 11.7. The minimum Gasteiger partial charge on any atom is -0.378 e. The third-order valence-electron chi connectivity index (χ3n) is 3.61. The number of nitrogens with one attached hydrogen (secondary N) is 1. The summed E-state index contributed by atoms with van der Waals surface area (Å²) in [5.74, 6) is 0. The van der Waals surface area contributed by atoms with Crippen molar-refractivity contribution in [3.63, 3.8) is 0 Å². The summed E-state index contributed by atoms with van der Waals surface area (Å²) in [5.41, 5.74) is 5.22. The molecule has 0 aliphatic carbocycles. The van der Waals surface area contributed by atoms with Gasteiger partial charge in [-0.15, -0.1) is 0 Å². The molecule has 0 aliphatic heterocycles. The van der Waals surface area contributed by atoms with Crippen LogP contribution in [0.15, 0.2) is 46.9 Å².